The van der Waals surface area contributed by atoms with E-state index in [0.717, 1.165) is 17.2 Å². The van der Waals surface area contributed by atoms with E-state index in [1.807, 2.05) is 48.5 Å². The summed E-state index contributed by atoms with van der Waals surface area (Å²) in [6, 6.07) is 15.0. The Labute approximate surface area is 155 Å². The lowest BCUT2D eigenvalue weighted by atomic mass is 9.46. The summed E-state index contributed by atoms with van der Waals surface area (Å²) in [5.74, 6) is -2.98. The first-order valence-electron chi connectivity index (χ1n) is 8.77. The van der Waals surface area contributed by atoms with E-state index in [9.17, 15) is 14.4 Å². The SMILES string of the molecule is C=CC(=O)OC12c3ccccc3C(c3ccccc31)C1C(=O)OC(=O)C12C. The maximum absolute atomic E-state index is 13.0. The van der Waals surface area contributed by atoms with Crippen LogP contribution >= 0.6 is 0 Å². The Morgan fingerprint density at radius 2 is 1.63 bits per heavy atom. The van der Waals surface area contributed by atoms with Gasteiger partial charge < -0.3 is 9.47 Å². The van der Waals surface area contributed by atoms with Gasteiger partial charge in [-0.2, -0.15) is 0 Å². The van der Waals surface area contributed by atoms with Crippen molar-refractivity contribution in [1.29, 1.82) is 0 Å². The number of rotatable bonds is 2. The smallest absolute Gasteiger partial charge is 0.331 e. The number of carbonyl (C=O) groups is 3. The molecule has 1 fully saturated rings. The molecule has 5 heteroatoms. The number of carbonyl (C=O) groups excluding carboxylic acids is 3. The Balaban J connectivity index is 1.97. The minimum atomic E-state index is -1.45. The zero-order valence-electron chi connectivity index (χ0n) is 14.6. The van der Waals surface area contributed by atoms with Crippen molar-refractivity contribution >= 4 is 17.9 Å². The number of cyclic esters (lactones) is 2. The third-order valence-electron chi connectivity index (χ3n) is 6.33. The van der Waals surface area contributed by atoms with E-state index in [1.54, 1.807) is 6.92 Å². The second-order valence-corrected chi connectivity index (χ2v) is 7.35. The number of hydrogen-bond acceptors (Lipinski definition) is 5. The summed E-state index contributed by atoms with van der Waals surface area (Å²) in [7, 11) is 0. The van der Waals surface area contributed by atoms with Gasteiger partial charge in [-0.25, -0.2) is 4.79 Å². The van der Waals surface area contributed by atoms with Gasteiger partial charge in [0.05, 0.1) is 5.92 Å². The van der Waals surface area contributed by atoms with Crippen molar-refractivity contribution in [3.63, 3.8) is 0 Å². The van der Waals surface area contributed by atoms with Gasteiger partial charge in [0, 0.05) is 23.1 Å². The zero-order chi connectivity index (χ0) is 19.0. The van der Waals surface area contributed by atoms with Gasteiger partial charge in [0.25, 0.3) is 0 Å². The van der Waals surface area contributed by atoms with Crippen molar-refractivity contribution in [2.75, 3.05) is 0 Å². The van der Waals surface area contributed by atoms with E-state index in [1.165, 1.54) is 0 Å². The van der Waals surface area contributed by atoms with Gasteiger partial charge in [-0.3, -0.25) is 9.59 Å². The van der Waals surface area contributed by atoms with Gasteiger partial charge in [0.15, 0.2) is 5.60 Å². The molecule has 1 aliphatic heterocycles. The molecule has 2 unspecified atom stereocenters. The van der Waals surface area contributed by atoms with Crippen LogP contribution in [0.3, 0.4) is 0 Å². The van der Waals surface area contributed by atoms with Gasteiger partial charge in [-0.05, 0) is 18.1 Å². The minimum absolute atomic E-state index is 0.328. The lowest BCUT2D eigenvalue weighted by Gasteiger charge is -2.57. The normalized spacial score (nSPS) is 32.2. The molecule has 0 saturated carbocycles. The summed E-state index contributed by atoms with van der Waals surface area (Å²) in [4.78, 5) is 38.1. The van der Waals surface area contributed by atoms with Crippen molar-refractivity contribution in [2.45, 2.75) is 18.4 Å². The molecular weight excluding hydrogens is 344 g/mol. The molecule has 4 aliphatic rings. The van der Waals surface area contributed by atoms with Gasteiger partial charge in [-0.1, -0.05) is 55.1 Å². The average molecular weight is 360 g/mol. The molecule has 2 bridgehead atoms. The molecular formula is C22H16O5. The monoisotopic (exact) mass is 360 g/mol. The Bertz CT molecular complexity index is 1000. The first-order chi connectivity index (χ1) is 13.0. The van der Waals surface area contributed by atoms with Crippen LogP contribution < -0.4 is 0 Å². The first-order valence-corrected chi connectivity index (χ1v) is 8.77. The highest BCUT2D eigenvalue weighted by atomic mass is 16.6. The predicted molar refractivity (Wildman–Crippen MR) is 94.5 cm³/mol. The molecule has 2 atom stereocenters. The number of ether oxygens (including phenoxy) is 2. The fraction of sp³-hybridized carbons (Fsp3) is 0.227. The van der Waals surface area contributed by atoms with Crippen LogP contribution in [-0.2, 0) is 29.5 Å². The second-order valence-electron chi connectivity index (χ2n) is 7.35. The fourth-order valence-corrected chi connectivity index (χ4v) is 5.27. The van der Waals surface area contributed by atoms with E-state index in [2.05, 4.69) is 6.58 Å². The van der Waals surface area contributed by atoms with Crippen LogP contribution in [0.5, 0.6) is 0 Å². The van der Waals surface area contributed by atoms with Crippen LogP contribution in [0.2, 0.25) is 0 Å². The zero-order valence-corrected chi connectivity index (χ0v) is 14.6. The van der Waals surface area contributed by atoms with E-state index < -0.39 is 34.8 Å². The Hall–Kier alpha value is -3.21. The number of esters is 3. The molecule has 27 heavy (non-hydrogen) atoms. The molecule has 5 nitrogen and oxygen atoms in total. The summed E-state index contributed by atoms with van der Waals surface area (Å²) >= 11 is 0. The number of hydrogen-bond donors (Lipinski definition) is 0. The maximum Gasteiger partial charge on any atom is 0.331 e. The summed E-state index contributed by atoms with van der Waals surface area (Å²) in [5.41, 5.74) is 0.387. The van der Waals surface area contributed by atoms with E-state index in [-0.39, 0.29) is 5.92 Å². The topological polar surface area (TPSA) is 69.7 Å². The Kier molecular flexibility index (Phi) is 2.93. The molecule has 6 rings (SSSR count). The first kappa shape index (κ1) is 16.0. The van der Waals surface area contributed by atoms with Gasteiger partial charge in [-0.15, -0.1) is 0 Å². The molecule has 0 N–H and O–H groups in total. The minimum Gasteiger partial charge on any atom is -0.445 e. The highest BCUT2D eigenvalue weighted by Gasteiger charge is 2.76. The van der Waals surface area contributed by atoms with Gasteiger partial charge in [0.2, 0.25) is 0 Å². The molecule has 2 aromatic carbocycles. The summed E-state index contributed by atoms with van der Waals surface area (Å²) < 4.78 is 11.1. The highest BCUT2D eigenvalue weighted by molar-refractivity contribution is 6.03. The van der Waals surface area contributed by atoms with Crippen molar-refractivity contribution in [3.05, 3.63) is 83.4 Å². The summed E-state index contributed by atoms with van der Waals surface area (Å²) in [6.07, 6.45) is 1.07. The molecule has 0 aromatic heterocycles. The van der Waals surface area contributed by atoms with E-state index >= 15 is 0 Å². The van der Waals surface area contributed by atoms with Crippen molar-refractivity contribution in [3.8, 4) is 0 Å². The van der Waals surface area contributed by atoms with Crippen LogP contribution in [0, 0.1) is 11.3 Å². The standard InChI is InChI=1S/C22H16O5/c1-3-16(23)27-22-14-10-6-4-8-12(14)17(13-9-5-7-11-15(13)22)18-19(24)26-20(25)21(18,22)2/h3-11,17-18H,1H2,2H3. The summed E-state index contributed by atoms with van der Waals surface area (Å²) in [6.45, 7) is 5.17. The molecule has 134 valence electrons. The molecule has 1 saturated heterocycles. The van der Waals surface area contributed by atoms with Crippen molar-refractivity contribution in [2.24, 2.45) is 11.3 Å². The average Bonchev–Trinajstić information content (AvgIpc) is 2.92. The van der Waals surface area contributed by atoms with Crippen molar-refractivity contribution in [1.82, 2.24) is 0 Å². The fourth-order valence-electron chi connectivity index (χ4n) is 5.27. The molecule has 3 aliphatic carbocycles. The summed E-state index contributed by atoms with van der Waals surface area (Å²) in [5, 5.41) is 0. The lowest BCUT2D eigenvalue weighted by molar-refractivity contribution is -0.181. The van der Waals surface area contributed by atoms with Crippen LogP contribution in [0.15, 0.2) is 61.2 Å². The second kappa shape index (κ2) is 4.94. The van der Waals surface area contributed by atoms with Crippen LogP contribution in [0.4, 0.5) is 0 Å². The van der Waals surface area contributed by atoms with Crippen molar-refractivity contribution < 1.29 is 23.9 Å². The van der Waals surface area contributed by atoms with E-state index in [0.29, 0.717) is 11.1 Å². The third kappa shape index (κ3) is 1.59. The lowest BCUT2D eigenvalue weighted by Crippen LogP contribution is -2.62. The van der Waals surface area contributed by atoms with Crippen LogP contribution in [0.25, 0.3) is 0 Å². The highest BCUT2D eigenvalue weighted by Crippen LogP contribution is 2.69. The Morgan fingerprint density at radius 3 is 2.19 bits per heavy atom. The molecule has 0 amide bonds. The quantitative estimate of drug-likeness (QED) is 0.468. The van der Waals surface area contributed by atoms with Gasteiger partial charge in [0.1, 0.15) is 5.41 Å². The molecule has 1 heterocycles. The largest absolute Gasteiger partial charge is 0.445 e. The molecule has 0 radical (unpaired) electrons. The molecule has 2 aromatic rings. The maximum atomic E-state index is 13.0. The Morgan fingerprint density at radius 1 is 1.07 bits per heavy atom. The van der Waals surface area contributed by atoms with E-state index in [4.69, 9.17) is 9.47 Å². The molecule has 0 spiro atoms. The predicted octanol–water partition coefficient (Wildman–Crippen LogP) is 2.82. The van der Waals surface area contributed by atoms with Crippen LogP contribution in [0.1, 0.15) is 35.1 Å². The van der Waals surface area contributed by atoms with Crippen LogP contribution in [-0.4, -0.2) is 17.9 Å². The third-order valence-corrected chi connectivity index (χ3v) is 6.33. The van der Waals surface area contributed by atoms with Gasteiger partial charge >= 0.3 is 17.9 Å². The number of benzene rings is 2.